The van der Waals surface area contributed by atoms with Crippen LogP contribution in [-0.2, 0) is 9.05 Å². The first-order valence-electron chi connectivity index (χ1n) is 3.32. The molecule has 0 spiro atoms. The van der Waals surface area contributed by atoms with Crippen molar-refractivity contribution in [3.63, 3.8) is 0 Å². The third-order valence-corrected chi connectivity index (χ3v) is 3.12. The Hall–Kier alpha value is -0.920. The SMILES string of the molecule is O=[N+]([O-])c1c(Cl)ccc(S(=O)(=O)Cl)c1F. The van der Waals surface area contributed by atoms with Crippen LogP contribution in [0.5, 0.6) is 0 Å². The first-order valence-corrected chi connectivity index (χ1v) is 6.01. The molecule has 15 heavy (non-hydrogen) atoms. The van der Waals surface area contributed by atoms with Crippen molar-refractivity contribution >= 4 is 37.0 Å². The summed E-state index contributed by atoms with van der Waals surface area (Å²) in [7, 11) is 0.487. The average molecular weight is 274 g/mol. The highest BCUT2D eigenvalue weighted by atomic mass is 35.7. The molecule has 0 radical (unpaired) electrons. The standard InChI is InChI=1S/C6H2Cl2FNO4S/c7-3-1-2-4(15(8,13)14)5(9)6(3)10(11)12/h1-2H. The summed E-state index contributed by atoms with van der Waals surface area (Å²) >= 11 is 5.33. The van der Waals surface area contributed by atoms with Gasteiger partial charge < -0.3 is 0 Å². The Labute approximate surface area is 93.0 Å². The Morgan fingerprint density at radius 1 is 1.40 bits per heavy atom. The fourth-order valence-electron chi connectivity index (χ4n) is 0.878. The van der Waals surface area contributed by atoms with Crippen LogP contribution in [0.2, 0.25) is 5.02 Å². The van der Waals surface area contributed by atoms with E-state index in [1.807, 2.05) is 0 Å². The second-order valence-corrected chi connectivity index (χ2v) is 5.34. The molecule has 0 saturated carbocycles. The molecule has 0 saturated heterocycles. The summed E-state index contributed by atoms with van der Waals surface area (Å²) in [5, 5.41) is 9.87. The quantitative estimate of drug-likeness (QED) is 0.471. The van der Waals surface area contributed by atoms with Crippen LogP contribution in [0, 0.1) is 15.9 Å². The first kappa shape index (κ1) is 12.2. The van der Waals surface area contributed by atoms with Crippen LogP contribution < -0.4 is 0 Å². The average Bonchev–Trinajstić information content (AvgIpc) is 2.00. The van der Waals surface area contributed by atoms with E-state index >= 15 is 0 Å². The van der Waals surface area contributed by atoms with Gasteiger partial charge in [0.05, 0.1) is 4.92 Å². The highest BCUT2D eigenvalue weighted by Gasteiger charge is 2.27. The van der Waals surface area contributed by atoms with E-state index in [9.17, 15) is 22.9 Å². The van der Waals surface area contributed by atoms with E-state index in [1.165, 1.54) is 0 Å². The summed E-state index contributed by atoms with van der Waals surface area (Å²) in [5.41, 5.74) is -1.11. The Kier molecular flexibility index (Phi) is 3.17. The van der Waals surface area contributed by atoms with Crippen LogP contribution >= 0.6 is 22.3 Å². The summed E-state index contributed by atoms with van der Waals surface area (Å²) in [6.45, 7) is 0. The number of nitro benzene ring substituents is 1. The molecule has 9 heteroatoms. The van der Waals surface area contributed by atoms with Gasteiger partial charge in [0.15, 0.2) is 0 Å². The minimum atomic E-state index is -4.37. The largest absolute Gasteiger partial charge is 0.324 e. The molecule has 1 rings (SSSR count). The second kappa shape index (κ2) is 3.92. The van der Waals surface area contributed by atoms with Crippen molar-refractivity contribution in [1.82, 2.24) is 0 Å². The van der Waals surface area contributed by atoms with Gasteiger partial charge in [-0.1, -0.05) is 11.6 Å². The van der Waals surface area contributed by atoms with Gasteiger partial charge in [0.25, 0.3) is 9.05 Å². The summed E-state index contributed by atoms with van der Waals surface area (Å²) < 4.78 is 34.9. The maximum Gasteiger partial charge on any atom is 0.324 e. The maximum absolute atomic E-state index is 13.3. The number of halogens is 3. The topological polar surface area (TPSA) is 77.3 Å². The molecule has 0 aliphatic rings. The zero-order valence-corrected chi connectivity index (χ0v) is 9.11. The van der Waals surface area contributed by atoms with Gasteiger partial charge in [-0.2, -0.15) is 4.39 Å². The van der Waals surface area contributed by atoms with E-state index in [0.717, 1.165) is 12.1 Å². The fourth-order valence-corrected chi connectivity index (χ4v) is 1.99. The first-order chi connectivity index (χ1) is 6.75. The predicted octanol–water partition coefficient (Wildman–Crippen LogP) is 2.31. The number of hydrogen-bond donors (Lipinski definition) is 0. The van der Waals surface area contributed by atoms with Gasteiger partial charge in [-0.05, 0) is 12.1 Å². The number of benzene rings is 1. The molecule has 0 fully saturated rings. The lowest BCUT2D eigenvalue weighted by molar-refractivity contribution is -0.387. The van der Waals surface area contributed by atoms with E-state index in [2.05, 4.69) is 0 Å². The highest BCUT2D eigenvalue weighted by molar-refractivity contribution is 8.13. The van der Waals surface area contributed by atoms with Crippen molar-refractivity contribution in [3.05, 3.63) is 33.1 Å². The van der Waals surface area contributed by atoms with E-state index in [1.54, 1.807) is 0 Å². The Morgan fingerprint density at radius 3 is 2.33 bits per heavy atom. The molecule has 1 aromatic rings. The van der Waals surface area contributed by atoms with E-state index in [4.69, 9.17) is 22.3 Å². The zero-order chi connectivity index (χ0) is 11.8. The van der Waals surface area contributed by atoms with Gasteiger partial charge in [-0.3, -0.25) is 10.1 Å². The molecular formula is C6H2Cl2FNO4S. The van der Waals surface area contributed by atoms with Gasteiger partial charge >= 0.3 is 5.69 Å². The number of nitro groups is 1. The van der Waals surface area contributed by atoms with Crippen LogP contribution in [-0.4, -0.2) is 13.3 Å². The van der Waals surface area contributed by atoms with Gasteiger partial charge in [0.1, 0.15) is 9.92 Å². The van der Waals surface area contributed by atoms with Crippen molar-refractivity contribution in [2.75, 3.05) is 0 Å². The van der Waals surface area contributed by atoms with Crippen LogP contribution in [0.3, 0.4) is 0 Å². The smallest absolute Gasteiger partial charge is 0.258 e. The minimum absolute atomic E-state index is 0.499. The lowest BCUT2D eigenvalue weighted by Gasteiger charge is -2.00. The van der Waals surface area contributed by atoms with Crippen LogP contribution in [0.1, 0.15) is 0 Å². The van der Waals surface area contributed by atoms with Crippen molar-refractivity contribution in [2.45, 2.75) is 4.90 Å². The highest BCUT2D eigenvalue weighted by Crippen LogP contribution is 2.32. The monoisotopic (exact) mass is 273 g/mol. The van der Waals surface area contributed by atoms with Gasteiger partial charge in [-0.25, -0.2) is 8.42 Å². The molecule has 1 aromatic carbocycles. The van der Waals surface area contributed by atoms with Crippen LogP contribution in [0.25, 0.3) is 0 Å². The minimum Gasteiger partial charge on any atom is -0.258 e. The van der Waals surface area contributed by atoms with E-state index < -0.39 is 35.4 Å². The van der Waals surface area contributed by atoms with E-state index in [-0.39, 0.29) is 0 Å². The summed E-state index contributed by atoms with van der Waals surface area (Å²) in [6.07, 6.45) is 0. The Balaban J connectivity index is 3.64. The second-order valence-electron chi connectivity index (χ2n) is 2.40. The van der Waals surface area contributed by atoms with Gasteiger partial charge in [-0.15, -0.1) is 0 Å². The molecule has 0 aliphatic carbocycles. The van der Waals surface area contributed by atoms with Crippen molar-refractivity contribution in [1.29, 1.82) is 0 Å². The van der Waals surface area contributed by atoms with Crippen LogP contribution in [0.4, 0.5) is 10.1 Å². The van der Waals surface area contributed by atoms with E-state index in [0.29, 0.717) is 0 Å². The molecule has 0 heterocycles. The van der Waals surface area contributed by atoms with Crippen LogP contribution in [0.15, 0.2) is 17.0 Å². The molecular weight excluding hydrogens is 272 g/mol. The fraction of sp³-hybridized carbons (Fsp3) is 0. The predicted molar refractivity (Wildman–Crippen MR) is 51.1 cm³/mol. The molecule has 0 atom stereocenters. The summed E-state index contributed by atoms with van der Waals surface area (Å²) in [5.74, 6) is -1.57. The molecule has 0 unspecified atom stereocenters. The van der Waals surface area contributed by atoms with Gasteiger partial charge in [0, 0.05) is 10.7 Å². The van der Waals surface area contributed by atoms with Crippen molar-refractivity contribution in [3.8, 4) is 0 Å². The normalized spacial score (nSPS) is 11.4. The number of hydrogen-bond acceptors (Lipinski definition) is 4. The molecule has 5 nitrogen and oxygen atoms in total. The number of rotatable bonds is 2. The Bertz CT molecular complexity index is 530. The molecule has 0 amide bonds. The van der Waals surface area contributed by atoms with Crippen molar-refractivity contribution in [2.24, 2.45) is 0 Å². The maximum atomic E-state index is 13.3. The lowest BCUT2D eigenvalue weighted by atomic mass is 10.3. The molecule has 0 aromatic heterocycles. The molecule has 0 N–H and O–H groups in total. The van der Waals surface area contributed by atoms with Gasteiger partial charge in [0.2, 0.25) is 5.82 Å². The third-order valence-electron chi connectivity index (χ3n) is 1.48. The number of nitrogens with zero attached hydrogens (tertiary/aromatic N) is 1. The molecule has 0 aliphatic heterocycles. The third kappa shape index (κ3) is 2.36. The van der Waals surface area contributed by atoms with Crippen molar-refractivity contribution < 1.29 is 17.7 Å². The molecule has 0 bridgehead atoms. The Morgan fingerprint density at radius 2 is 1.93 bits per heavy atom. The summed E-state index contributed by atoms with van der Waals surface area (Å²) in [4.78, 5) is 8.27. The lowest BCUT2D eigenvalue weighted by Crippen LogP contribution is -2.01. The zero-order valence-electron chi connectivity index (χ0n) is 6.78. The molecule has 82 valence electrons. The summed E-state index contributed by atoms with van der Waals surface area (Å²) in [6, 6.07) is 1.64.